The molecule has 0 radical (unpaired) electrons. The predicted molar refractivity (Wildman–Crippen MR) is 60.6 cm³/mol. The highest BCUT2D eigenvalue weighted by atomic mass is 16.6. The number of aliphatic hydroxyl groups is 1. The molecule has 2 unspecified atom stereocenters. The quantitative estimate of drug-likeness (QED) is 0.501. The molecule has 0 saturated heterocycles. The summed E-state index contributed by atoms with van der Waals surface area (Å²) < 4.78 is 5.03. The molecule has 2 atom stereocenters. The second-order valence-electron chi connectivity index (χ2n) is 4.09. The normalized spacial score (nSPS) is 14.7. The fraction of sp³-hybridized carbons (Fsp3) is 0.917. The molecule has 0 fully saturated rings. The van der Waals surface area contributed by atoms with E-state index in [-0.39, 0.29) is 12.1 Å². The number of carbonyl (C=O) groups excluding carboxylic acids is 1. The maximum Gasteiger partial charge on any atom is 0.302 e. The summed E-state index contributed by atoms with van der Waals surface area (Å²) in [5.41, 5.74) is 0. The molecule has 1 N–H and O–H groups in total. The van der Waals surface area contributed by atoms with E-state index >= 15 is 0 Å². The summed E-state index contributed by atoms with van der Waals surface area (Å²) >= 11 is 0. The zero-order chi connectivity index (χ0) is 11.7. The van der Waals surface area contributed by atoms with Gasteiger partial charge in [0.05, 0.1) is 6.10 Å². The van der Waals surface area contributed by atoms with E-state index in [0.29, 0.717) is 0 Å². The SMILES string of the molecule is CCCCCCCC(OC(C)=O)C(C)O. The van der Waals surface area contributed by atoms with Gasteiger partial charge in [-0.2, -0.15) is 0 Å². The first-order valence-electron chi connectivity index (χ1n) is 5.93. The number of unbranched alkanes of at least 4 members (excludes halogenated alkanes) is 4. The van der Waals surface area contributed by atoms with Gasteiger partial charge in [0, 0.05) is 6.92 Å². The monoisotopic (exact) mass is 216 g/mol. The first-order chi connectivity index (χ1) is 7.07. The molecule has 0 aliphatic heterocycles. The number of hydrogen-bond donors (Lipinski definition) is 1. The van der Waals surface area contributed by atoms with E-state index in [4.69, 9.17) is 4.74 Å². The van der Waals surface area contributed by atoms with Crippen LogP contribution in [0.15, 0.2) is 0 Å². The Bertz CT molecular complexity index is 166. The van der Waals surface area contributed by atoms with Crippen molar-refractivity contribution >= 4 is 5.97 Å². The van der Waals surface area contributed by atoms with E-state index in [1.54, 1.807) is 6.92 Å². The lowest BCUT2D eigenvalue weighted by molar-refractivity contribution is -0.152. The van der Waals surface area contributed by atoms with Gasteiger partial charge in [-0.05, 0) is 19.8 Å². The standard InChI is InChI=1S/C12H24O3/c1-4-5-6-7-8-9-12(10(2)13)15-11(3)14/h10,12-13H,4-9H2,1-3H3. The third-order valence-electron chi connectivity index (χ3n) is 2.45. The Morgan fingerprint density at radius 3 is 2.33 bits per heavy atom. The van der Waals surface area contributed by atoms with Crippen molar-refractivity contribution in [2.24, 2.45) is 0 Å². The van der Waals surface area contributed by atoms with E-state index in [0.717, 1.165) is 19.3 Å². The van der Waals surface area contributed by atoms with Crippen LogP contribution >= 0.6 is 0 Å². The summed E-state index contributed by atoms with van der Waals surface area (Å²) in [6.45, 7) is 5.23. The molecule has 0 aromatic carbocycles. The van der Waals surface area contributed by atoms with Crippen LogP contribution in [0.2, 0.25) is 0 Å². The van der Waals surface area contributed by atoms with Crippen LogP contribution in [-0.2, 0) is 9.53 Å². The number of carbonyl (C=O) groups is 1. The third-order valence-corrected chi connectivity index (χ3v) is 2.45. The second kappa shape index (κ2) is 8.72. The Hall–Kier alpha value is -0.570. The van der Waals surface area contributed by atoms with Gasteiger partial charge in [-0.15, -0.1) is 0 Å². The molecule has 0 rings (SSSR count). The van der Waals surface area contributed by atoms with Crippen molar-refractivity contribution in [1.29, 1.82) is 0 Å². The molecular formula is C12H24O3. The van der Waals surface area contributed by atoms with Gasteiger partial charge in [-0.1, -0.05) is 32.6 Å². The van der Waals surface area contributed by atoms with E-state index in [1.807, 2.05) is 0 Å². The van der Waals surface area contributed by atoms with Crippen LogP contribution in [0.1, 0.15) is 59.3 Å². The highest BCUT2D eigenvalue weighted by Gasteiger charge is 2.17. The molecule has 0 bridgehead atoms. The maximum absolute atomic E-state index is 10.8. The average molecular weight is 216 g/mol. The molecule has 3 heteroatoms. The van der Waals surface area contributed by atoms with Crippen LogP contribution in [0.4, 0.5) is 0 Å². The van der Waals surface area contributed by atoms with E-state index in [2.05, 4.69) is 6.92 Å². The van der Waals surface area contributed by atoms with Crippen LogP contribution < -0.4 is 0 Å². The van der Waals surface area contributed by atoms with Crippen LogP contribution in [0.3, 0.4) is 0 Å². The number of aliphatic hydroxyl groups excluding tert-OH is 1. The van der Waals surface area contributed by atoms with E-state index < -0.39 is 6.10 Å². The van der Waals surface area contributed by atoms with Crippen molar-refractivity contribution in [2.75, 3.05) is 0 Å². The molecule has 0 heterocycles. The first-order valence-corrected chi connectivity index (χ1v) is 5.93. The van der Waals surface area contributed by atoms with Crippen LogP contribution in [0, 0.1) is 0 Å². The van der Waals surface area contributed by atoms with Gasteiger partial charge in [0.1, 0.15) is 6.10 Å². The third kappa shape index (κ3) is 8.43. The summed E-state index contributed by atoms with van der Waals surface area (Å²) in [7, 11) is 0. The average Bonchev–Trinajstić information content (AvgIpc) is 2.15. The zero-order valence-corrected chi connectivity index (χ0v) is 10.2. The van der Waals surface area contributed by atoms with Crippen molar-refractivity contribution in [1.82, 2.24) is 0 Å². The smallest absolute Gasteiger partial charge is 0.302 e. The topological polar surface area (TPSA) is 46.5 Å². The van der Waals surface area contributed by atoms with Gasteiger partial charge < -0.3 is 9.84 Å². The van der Waals surface area contributed by atoms with Crippen molar-refractivity contribution in [3.8, 4) is 0 Å². The predicted octanol–water partition coefficient (Wildman–Crippen LogP) is 2.66. The molecule has 0 aromatic heterocycles. The molecule has 0 spiro atoms. The number of esters is 1. The van der Waals surface area contributed by atoms with Crippen LogP contribution in [0.25, 0.3) is 0 Å². The highest BCUT2D eigenvalue weighted by Crippen LogP contribution is 2.12. The fourth-order valence-corrected chi connectivity index (χ4v) is 1.56. The van der Waals surface area contributed by atoms with Crippen molar-refractivity contribution < 1.29 is 14.6 Å². The van der Waals surface area contributed by atoms with E-state index in [9.17, 15) is 9.90 Å². The van der Waals surface area contributed by atoms with Crippen molar-refractivity contribution in [2.45, 2.75) is 71.5 Å². The molecule has 3 nitrogen and oxygen atoms in total. The number of rotatable bonds is 8. The van der Waals surface area contributed by atoms with Crippen LogP contribution in [0.5, 0.6) is 0 Å². The summed E-state index contributed by atoms with van der Waals surface area (Å²) in [5, 5.41) is 9.39. The van der Waals surface area contributed by atoms with Gasteiger partial charge >= 0.3 is 5.97 Å². The Morgan fingerprint density at radius 2 is 1.87 bits per heavy atom. The van der Waals surface area contributed by atoms with Gasteiger partial charge in [0.15, 0.2) is 0 Å². The van der Waals surface area contributed by atoms with Gasteiger partial charge in [-0.3, -0.25) is 4.79 Å². The summed E-state index contributed by atoms with van der Waals surface area (Å²) in [6, 6.07) is 0. The number of ether oxygens (including phenoxy) is 1. The van der Waals surface area contributed by atoms with E-state index in [1.165, 1.54) is 26.2 Å². The number of hydrogen-bond acceptors (Lipinski definition) is 3. The fourth-order valence-electron chi connectivity index (χ4n) is 1.56. The van der Waals surface area contributed by atoms with Crippen molar-refractivity contribution in [3.05, 3.63) is 0 Å². The lowest BCUT2D eigenvalue weighted by Crippen LogP contribution is -2.28. The lowest BCUT2D eigenvalue weighted by atomic mass is 10.1. The Balaban J connectivity index is 3.62. The van der Waals surface area contributed by atoms with Gasteiger partial charge in [0.2, 0.25) is 0 Å². The summed E-state index contributed by atoms with van der Waals surface area (Å²) in [5.74, 6) is -0.311. The molecule has 0 aromatic rings. The molecule has 15 heavy (non-hydrogen) atoms. The minimum Gasteiger partial charge on any atom is -0.460 e. The molecular weight excluding hydrogens is 192 g/mol. The Morgan fingerprint density at radius 1 is 1.27 bits per heavy atom. The van der Waals surface area contributed by atoms with Gasteiger partial charge in [0.25, 0.3) is 0 Å². The summed E-state index contributed by atoms with van der Waals surface area (Å²) in [6.07, 6.45) is 5.74. The zero-order valence-electron chi connectivity index (χ0n) is 10.2. The molecule has 0 amide bonds. The molecule has 0 saturated carbocycles. The second-order valence-corrected chi connectivity index (χ2v) is 4.09. The Kier molecular flexibility index (Phi) is 8.38. The lowest BCUT2D eigenvalue weighted by Gasteiger charge is -2.19. The largest absolute Gasteiger partial charge is 0.460 e. The minimum absolute atomic E-state index is 0.311. The molecule has 90 valence electrons. The highest BCUT2D eigenvalue weighted by molar-refractivity contribution is 5.66. The first kappa shape index (κ1) is 14.4. The van der Waals surface area contributed by atoms with Gasteiger partial charge in [-0.25, -0.2) is 0 Å². The Labute approximate surface area is 92.8 Å². The van der Waals surface area contributed by atoms with Crippen LogP contribution in [-0.4, -0.2) is 23.3 Å². The van der Waals surface area contributed by atoms with Crippen molar-refractivity contribution in [3.63, 3.8) is 0 Å². The summed E-state index contributed by atoms with van der Waals surface area (Å²) in [4.78, 5) is 10.8. The molecule has 0 aliphatic carbocycles. The maximum atomic E-state index is 10.8. The minimum atomic E-state index is -0.569. The molecule has 0 aliphatic rings.